The highest BCUT2D eigenvalue weighted by Gasteiger charge is 2.23. The molecule has 1 amide bonds. The van der Waals surface area contributed by atoms with Crippen LogP contribution in [0.2, 0.25) is 0 Å². The van der Waals surface area contributed by atoms with Gasteiger partial charge in [-0.15, -0.1) is 0 Å². The van der Waals surface area contributed by atoms with Gasteiger partial charge in [0.05, 0.1) is 5.69 Å². The van der Waals surface area contributed by atoms with E-state index in [1.165, 1.54) is 32.1 Å². The number of nitrogens with zero attached hydrogens (tertiary/aromatic N) is 3. The van der Waals surface area contributed by atoms with Crippen LogP contribution in [0, 0.1) is 0 Å². The highest BCUT2D eigenvalue weighted by atomic mass is 16.2. The number of hydrogen-bond acceptors (Lipinski definition) is 3. The summed E-state index contributed by atoms with van der Waals surface area (Å²) in [5.41, 5.74) is 3.46. The minimum Gasteiger partial charge on any atom is -0.320 e. The molecule has 0 saturated heterocycles. The maximum Gasteiger partial charge on any atom is 0.273 e. The SMILES string of the molecule is CN(Cc1ccccc1NC(=O)c1cc(C(C)(C)C)nn1C)C1CCCCC1. The third-order valence-corrected chi connectivity index (χ3v) is 5.76. The monoisotopic (exact) mass is 382 g/mol. The van der Waals surface area contributed by atoms with Crippen LogP contribution in [-0.2, 0) is 19.0 Å². The Morgan fingerprint density at radius 2 is 1.89 bits per heavy atom. The van der Waals surface area contributed by atoms with E-state index in [2.05, 4.69) is 49.2 Å². The summed E-state index contributed by atoms with van der Waals surface area (Å²) in [6.07, 6.45) is 6.55. The van der Waals surface area contributed by atoms with E-state index in [1.54, 1.807) is 4.68 Å². The second kappa shape index (κ2) is 8.48. The molecule has 1 aliphatic rings. The number of carbonyl (C=O) groups is 1. The van der Waals surface area contributed by atoms with Crippen molar-refractivity contribution in [1.29, 1.82) is 0 Å². The van der Waals surface area contributed by atoms with Crippen LogP contribution >= 0.6 is 0 Å². The van der Waals surface area contributed by atoms with Crippen molar-refractivity contribution < 1.29 is 4.79 Å². The van der Waals surface area contributed by atoms with Crippen LogP contribution in [0.1, 0.15) is 74.6 Å². The van der Waals surface area contributed by atoms with E-state index in [4.69, 9.17) is 0 Å². The summed E-state index contributed by atoms with van der Waals surface area (Å²) in [7, 11) is 4.03. The van der Waals surface area contributed by atoms with Crippen molar-refractivity contribution >= 4 is 11.6 Å². The molecule has 1 saturated carbocycles. The fourth-order valence-electron chi connectivity index (χ4n) is 3.93. The van der Waals surface area contributed by atoms with Gasteiger partial charge in [-0.25, -0.2) is 0 Å². The first kappa shape index (κ1) is 20.6. The molecule has 2 aromatic rings. The number of nitrogens with one attached hydrogen (secondary N) is 1. The molecule has 0 unspecified atom stereocenters. The zero-order valence-corrected chi connectivity index (χ0v) is 18.0. The van der Waals surface area contributed by atoms with Gasteiger partial charge in [0, 0.05) is 30.7 Å². The standard InChI is InChI=1S/C23H34N4O/c1-23(2,3)21-15-20(27(5)25-21)22(28)24-19-14-10-9-11-17(19)16-26(4)18-12-7-6-8-13-18/h9-11,14-15,18H,6-8,12-13,16H2,1-5H3,(H,24,28). The molecule has 28 heavy (non-hydrogen) atoms. The lowest BCUT2D eigenvalue weighted by atomic mass is 9.92. The average Bonchev–Trinajstić information content (AvgIpc) is 3.06. The Balaban J connectivity index is 1.74. The summed E-state index contributed by atoms with van der Waals surface area (Å²) in [6, 6.07) is 10.7. The van der Waals surface area contributed by atoms with Gasteiger partial charge in [-0.1, -0.05) is 58.2 Å². The maximum atomic E-state index is 12.9. The van der Waals surface area contributed by atoms with E-state index in [-0.39, 0.29) is 11.3 Å². The molecule has 0 spiro atoms. The molecule has 0 atom stereocenters. The summed E-state index contributed by atoms with van der Waals surface area (Å²) in [6.45, 7) is 7.16. The lowest BCUT2D eigenvalue weighted by molar-refractivity contribution is 0.101. The largest absolute Gasteiger partial charge is 0.320 e. The Kier molecular flexibility index (Phi) is 6.23. The summed E-state index contributed by atoms with van der Waals surface area (Å²) in [5, 5.41) is 7.64. The molecule has 5 nitrogen and oxygen atoms in total. The molecule has 1 fully saturated rings. The van der Waals surface area contributed by atoms with Crippen LogP contribution in [0.4, 0.5) is 5.69 Å². The van der Waals surface area contributed by atoms with E-state index < -0.39 is 0 Å². The molecule has 152 valence electrons. The normalized spacial score (nSPS) is 15.8. The first-order valence-corrected chi connectivity index (χ1v) is 10.4. The lowest BCUT2D eigenvalue weighted by Crippen LogP contribution is -2.33. The Bertz CT molecular complexity index is 812. The number of carbonyl (C=O) groups excluding carboxylic acids is 1. The first-order chi connectivity index (χ1) is 13.3. The van der Waals surface area contributed by atoms with Crippen molar-refractivity contribution in [3.63, 3.8) is 0 Å². The smallest absolute Gasteiger partial charge is 0.273 e. The van der Waals surface area contributed by atoms with Gasteiger partial charge >= 0.3 is 0 Å². The molecule has 1 N–H and O–H groups in total. The van der Waals surface area contributed by atoms with Crippen LogP contribution in [0.3, 0.4) is 0 Å². The Morgan fingerprint density at radius 1 is 1.21 bits per heavy atom. The first-order valence-electron chi connectivity index (χ1n) is 10.4. The highest BCUT2D eigenvalue weighted by molar-refractivity contribution is 6.03. The van der Waals surface area contributed by atoms with Crippen LogP contribution in [0.15, 0.2) is 30.3 Å². The van der Waals surface area contributed by atoms with Crippen molar-refractivity contribution in [3.8, 4) is 0 Å². The Morgan fingerprint density at radius 3 is 2.54 bits per heavy atom. The third kappa shape index (κ3) is 4.82. The van der Waals surface area contributed by atoms with Crippen molar-refractivity contribution in [2.75, 3.05) is 12.4 Å². The van der Waals surface area contributed by atoms with Crippen LogP contribution in [0.25, 0.3) is 0 Å². The molecule has 1 aromatic carbocycles. The zero-order valence-electron chi connectivity index (χ0n) is 18.0. The number of para-hydroxylation sites is 1. The second-order valence-corrected chi connectivity index (χ2v) is 9.11. The van der Waals surface area contributed by atoms with E-state index in [0.717, 1.165) is 23.5 Å². The Hall–Kier alpha value is -2.14. The van der Waals surface area contributed by atoms with Crippen LogP contribution in [-0.4, -0.2) is 33.7 Å². The number of amides is 1. The number of anilines is 1. The predicted octanol–water partition coefficient (Wildman–Crippen LogP) is 4.73. The third-order valence-electron chi connectivity index (χ3n) is 5.76. The van der Waals surface area contributed by atoms with Gasteiger partial charge in [0.1, 0.15) is 5.69 Å². The fraction of sp³-hybridized carbons (Fsp3) is 0.565. The minimum atomic E-state index is -0.113. The number of aryl methyl sites for hydroxylation is 1. The van der Waals surface area contributed by atoms with Crippen molar-refractivity contribution in [3.05, 3.63) is 47.3 Å². The number of rotatable bonds is 5. The van der Waals surface area contributed by atoms with E-state index in [1.807, 2.05) is 31.3 Å². The maximum absolute atomic E-state index is 12.9. The summed E-state index contributed by atoms with van der Waals surface area (Å²) < 4.78 is 1.67. The molecule has 1 aliphatic carbocycles. The lowest BCUT2D eigenvalue weighted by Gasteiger charge is -2.31. The van der Waals surface area contributed by atoms with Crippen molar-refractivity contribution in [2.45, 2.75) is 70.9 Å². The molecule has 0 radical (unpaired) electrons. The summed E-state index contributed by atoms with van der Waals surface area (Å²) >= 11 is 0. The summed E-state index contributed by atoms with van der Waals surface area (Å²) in [4.78, 5) is 15.4. The quantitative estimate of drug-likeness (QED) is 0.813. The zero-order chi connectivity index (χ0) is 20.3. The second-order valence-electron chi connectivity index (χ2n) is 9.11. The molecule has 1 aromatic heterocycles. The topological polar surface area (TPSA) is 50.2 Å². The van der Waals surface area contributed by atoms with Gasteiger partial charge in [-0.2, -0.15) is 5.10 Å². The molecule has 5 heteroatoms. The van der Waals surface area contributed by atoms with Gasteiger partial charge in [0.15, 0.2) is 0 Å². The molecule has 0 aliphatic heterocycles. The van der Waals surface area contributed by atoms with Gasteiger partial charge in [0.2, 0.25) is 0 Å². The Labute approximate surface area is 169 Å². The molecule has 3 rings (SSSR count). The van der Waals surface area contributed by atoms with Crippen molar-refractivity contribution in [1.82, 2.24) is 14.7 Å². The van der Waals surface area contributed by atoms with Gasteiger partial charge in [-0.3, -0.25) is 14.4 Å². The average molecular weight is 383 g/mol. The van der Waals surface area contributed by atoms with Gasteiger partial charge in [-0.05, 0) is 37.6 Å². The highest BCUT2D eigenvalue weighted by Crippen LogP contribution is 2.26. The van der Waals surface area contributed by atoms with E-state index in [9.17, 15) is 4.79 Å². The van der Waals surface area contributed by atoms with Crippen LogP contribution in [0.5, 0.6) is 0 Å². The minimum absolute atomic E-state index is 0.0864. The number of hydrogen-bond donors (Lipinski definition) is 1. The molecule has 0 bridgehead atoms. The van der Waals surface area contributed by atoms with Gasteiger partial charge < -0.3 is 5.32 Å². The number of aromatic nitrogens is 2. The number of benzene rings is 1. The molecular formula is C23H34N4O. The molecule has 1 heterocycles. The summed E-state index contributed by atoms with van der Waals surface area (Å²) in [5.74, 6) is -0.113. The molecular weight excluding hydrogens is 348 g/mol. The van der Waals surface area contributed by atoms with E-state index in [0.29, 0.717) is 11.7 Å². The predicted molar refractivity (Wildman–Crippen MR) is 115 cm³/mol. The fourth-order valence-corrected chi connectivity index (χ4v) is 3.93. The van der Waals surface area contributed by atoms with E-state index >= 15 is 0 Å². The van der Waals surface area contributed by atoms with Gasteiger partial charge in [0.25, 0.3) is 5.91 Å². The van der Waals surface area contributed by atoms with Crippen molar-refractivity contribution in [2.24, 2.45) is 7.05 Å². The van der Waals surface area contributed by atoms with Crippen LogP contribution < -0.4 is 5.32 Å².